The quantitative estimate of drug-likeness (QED) is 0.844. The molecule has 4 heteroatoms. The van der Waals surface area contributed by atoms with Crippen molar-refractivity contribution in [3.05, 3.63) is 16.1 Å². The Bertz CT molecular complexity index is 390. The molecule has 1 aromatic heterocycles. The van der Waals surface area contributed by atoms with Crippen molar-refractivity contribution in [1.29, 1.82) is 5.26 Å². The van der Waals surface area contributed by atoms with Gasteiger partial charge in [0.05, 0.1) is 17.5 Å². The Morgan fingerprint density at radius 2 is 2.29 bits per heavy atom. The van der Waals surface area contributed by atoms with Gasteiger partial charge in [-0.15, -0.1) is 11.3 Å². The number of hydrogen-bond donors (Lipinski definition) is 1. The molecule has 1 aromatic rings. The van der Waals surface area contributed by atoms with Crippen molar-refractivity contribution in [3.8, 4) is 6.07 Å². The Balaban J connectivity index is 2.40. The highest BCUT2D eigenvalue weighted by molar-refractivity contribution is 7.11. The summed E-state index contributed by atoms with van der Waals surface area (Å²) in [5.41, 5.74) is -0.246. The lowest BCUT2D eigenvalue weighted by Gasteiger charge is -2.17. The maximum absolute atomic E-state index is 8.92. The standard InChI is InChI=1S/C13H21N3S/c1-5-11-8-16-12(17-11)10(2)15-7-6-13(3,4)9-14/h8,10,15H,5-7H2,1-4H3. The fourth-order valence-electron chi connectivity index (χ4n) is 1.43. The van der Waals surface area contributed by atoms with E-state index >= 15 is 0 Å². The van der Waals surface area contributed by atoms with E-state index in [-0.39, 0.29) is 11.5 Å². The third-order valence-electron chi connectivity index (χ3n) is 2.79. The molecule has 0 bridgehead atoms. The highest BCUT2D eigenvalue weighted by Crippen LogP contribution is 2.21. The van der Waals surface area contributed by atoms with E-state index in [0.29, 0.717) is 0 Å². The van der Waals surface area contributed by atoms with E-state index in [1.54, 1.807) is 11.3 Å². The SMILES string of the molecule is CCc1cnc(C(C)NCCC(C)(C)C#N)s1. The summed E-state index contributed by atoms with van der Waals surface area (Å²) in [6.45, 7) is 9.06. The van der Waals surface area contributed by atoms with Gasteiger partial charge in [0.2, 0.25) is 0 Å². The molecule has 1 N–H and O–H groups in total. The van der Waals surface area contributed by atoms with Crippen LogP contribution in [-0.2, 0) is 6.42 Å². The molecule has 1 rings (SSSR count). The van der Waals surface area contributed by atoms with Gasteiger partial charge < -0.3 is 5.32 Å². The van der Waals surface area contributed by atoms with Crippen LogP contribution in [-0.4, -0.2) is 11.5 Å². The molecule has 1 heterocycles. The van der Waals surface area contributed by atoms with Crippen molar-refractivity contribution in [2.75, 3.05) is 6.54 Å². The number of aryl methyl sites for hydroxylation is 1. The fourth-order valence-corrected chi connectivity index (χ4v) is 2.31. The monoisotopic (exact) mass is 251 g/mol. The first-order valence-electron chi connectivity index (χ1n) is 6.07. The third kappa shape index (κ3) is 4.45. The van der Waals surface area contributed by atoms with Gasteiger partial charge in [-0.25, -0.2) is 4.98 Å². The van der Waals surface area contributed by atoms with Crippen LogP contribution in [0.3, 0.4) is 0 Å². The molecule has 0 radical (unpaired) electrons. The van der Waals surface area contributed by atoms with E-state index in [0.717, 1.165) is 24.4 Å². The Kier molecular flexibility index (Phi) is 5.10. The molecule has 3 nitrogen and oxygen atoms in total. The van der Waals surface area contributed by atoms with Crippen LogP contribution in [0.25, 0.3) is 0 Å². The first kappa shape index (κ1) is 14.1. The largest absolute Gasteiger partial charge is 0.308 e. The van der Waals surface area contributed by atoms with Crippen LogP contribution in [0, 0.1) is 16.7 Å². The molecule has 0 saturated carbocycles. The summed E-state index contributed by atoms with van der Waals surface area (Å²) in [4.78, 5) is 5.74. The van der Waals surface area contributed by atoms with Gasteiger partial charge in [0, 0.05) is 11.1 Å². The number of nitrogens with zero attached hydrogens (tertiary/aromatic N) is 2. The molecule has 0 saturated heterocycles. The summed E-state index contributed by atoms with van der Waals surface area (Å²) in [6.07, 6.45) is 3.86. The second kappa shape index (κ2) is 6.13. The lowest BCUT2D eigenvalue weighted by molar-refractivity contribution is 0.416. The maximum Gasteiger partial charge on any atom is 0.109 e. The van der Waals surface area contributed by atoms with Crippen LogP contribution in [0.5, 0.6) is 0 Å². The van der Waals surface area contributed by atoms with Crippen molar-refractivity contribution in [2.24, 2.45) is 5.41 Å². The number of hydrogen-bond acceptors (Lipinski definition) is 4. The Morgan fingerprint density at radius 3 is 2.82 bits per heavy atom. The first-order valence-corrected chi connectivity index (χ1v) is 6.89. The minimum absolute atomic E-state index is 0.246. The molecule has 0 aliphatic carbocycles. The normalized spacial score (nSPS) is 13.4. The molecule has 0 fully saturated rings. The fraction of sp³-hybridized carbons (Fsp3) is 0.692. The minimum Gasteiger partial charge on any atom is -0.308 e. The van der Waals surface area contributed by atoms with Crippen LogP contribution in [0.1, 0.15) is 50.0 Å². The lowest BCUT2D eigenvalue weighted by atomic mass is 9.91. The van der Waals surface area contributed by atoms with Crippen LogP contribution in [0.2, 0.25) is 0 Å². The smallest absolute Gasteiger partial charge is 0.109 e. The second-order valence-electron chi connectivity index (χ2n) is 4.94. The van der Waals surface area contributed by atoms with Gasteiger partial charge in [-0.05, 0) is 40.2 Å². The molecule has 94 valence electrons. The van der Waals surface area contributed by atoms with Crippen molar-refractivity contribution in [1.82, 2.24) is 10.3 Å². The average molecular weight is 251 g/mol. The van der Waals surface area contributed by atoms with Gasteiger partial charge >= 0.3 is 0 Å². The zero-order valence-electron chi connectivity index (χ0n) is 11.1. The van der Waals surface area contributed by atoms with Crippen LogP contribution in [0.4, 0.5) is 0 Å². The van der Waals surface area contributed by atoms with Crippen LogP contribution < -0.4 is 5.32 Å². The molecule has 0 aromatic carbocycles. The van der Waals surface area contributed by atoms with Crippen LogP contribution >= 0.6 is 11.3 Å². The van der Waals surface area contributed by atoms with E-state index in [2.05, 4.69) is 30.2 Å². The van der Waals surface area contributed by atoms with Gasteiger partial charge in [-0.3, -0.25) is 0 Å². The predicted octanol–water partition coefficient (Wildman–Crippen LogP) is 3.30. The van der Waals surface area contributed by atoms with Crippen molar-refractivity contribution in [2.45, 2.75) is 46.6 Å². The molecule has 0 aliphatic heterocycles. The summed E-state index contributed by atoms with van der Waals surface area (Å²) >= 11 is 1.77. The van der Waals surface area contributed by atoms with Gasteiger partial charge in [0.15, 0.2) is 0 Å². The van der Waals surface area contributed by atoms with Crippen molar-refractivity contribution in [3.63, 3.8) is 0 Å². The number of nitriles is 1. The number of aromatic nitrogens is 1. The molecular weight excluding hydrogens is 230 g/mol. The number of nitrogens with one attached hydrogen (secondary N) is 1. The molecule has 0 amide bonds. The summed E-state index contributed by atoms with van der Waals surface area (Å²) < 4.78 is 0. The predicted molar refractivity (Wildman–Crippen MR) is 71.9 cm³/mol. The highest BCUT2D eigenvalue weighted by atomic mass is 32.1. The molecule has 17 heavy (non-hydrogen) atoms. The highest BCUT2D eigenvalue weighted by Gasteiger charge is 2.17. The topological polar surface area (TPSA) is 48.7 Å². The molecule has 0 aliphatic rings. The zero-order chi connectivity index (χ0) is 12.9. The summed E-state index contributed by atoms with van der Waals surface area (Å²) in [7, 11) is 0. The van der Waals surface area contributed by atoms with E-state index in [1.807, 2.05) is 20.0 Å². The first-order chi connectivity index (χ1) is 7.98. The van der Waals surface area contributed by atoms with E-state index in [1.165, 1.54) is 4.88 Å². The second-order valence-corrected chi connectivity index (χ2v) is 6.09. The number of rotatable bonds is 6. The van der Waals surface area contributed by atoms with Gasteiger partial charge in [0.25, 0.3) is 0 Å². The lowest BCUT2D eigenvalue weighted by Crippen LogP contribution is -2.24. The summed E-state index contributed by atoms with van der Waals surface area (Å²) in [5.74, 6) is 0. The van der Waals surface area contributed by atoms with Crippen LogP contribution in [0.15, 0.2) is 6.20 Å². The van der Waals surface area contributed by atoms with Crippen molar-refractivity contribution < 1.29 is 0 Å². The molecule has 1 unspecified atom stereocenters. The Morgan fingerprint density at radius 1 is 1.59 bits per heavy atom. The Hall–Kier alpha value is -0.920. The Labute approximate surface area is 108 Å². The number of thiazole rings is 1. The minimum atomic E-state index is -0.246. The average Bonchev–Trinajstić information content (AvgIpc) is 2.77. The molecular formula is C13H21N3S. The van der Waals surface area contributed by atoms with E-state index in [4.69, 9.17) is 5.26 Å². The maximum atomic E-state index is 8.92. The van der Waals surface area contributed by atoms with Gasteiger partial charge in [0.1, 0.15) is 5.01 Å². The van der Waals surface area contributed by atoms with Gasteiger partial charge in [-0.1, -0.05) is 6.92 Å². The van der Waals surface area contributed by atoms with E-state index < -0.39 is 0 Å². The third-order valence-corrected chi connectivity index (χ3v) is 4.12. The van der Waals surface area contributed by atoms with Gasteiger partial charge in [-0.2, -0.15) is 5.26 Å². The van der Waals surface area contributed by atoms with Crippen molar-refractivity contribution >= 4 is 11.3 Å². The van der Waals surface area contributed by atoms with E-state index in [9.17, 15) is 0 Å². The summed E-state index contributed by atoms with van der Waals surface area (Å²) in [6, 6.07) is 2.59. The molecule has 0 spiro atoms. The summed E-state index contributed by atoms with van der Waals surface area (Å²) in [5, 5.41) is 13.5. The molecule has 1 atom stereocenters. The zero-order valence-corrected chi connectivity index (χ0v) is 11.9.